The average molecular weight is 314 g/mol. The van der Waals surface area contributed by atoms with Crippen molar-refractivity contribution < 1.29 is 9.90 Å². The zero-order valence-corrected chi connectivity index (χ0v) is 13.0. The van der Waals surface area contributed by atoms with E-state index in [0.29, 0.717) is 26.1 Å². The largest absolute Gasteiger partial charge is 0.390 e. The third-order valence-corrected chi connectivity index (χ3v) is 4.08. The second-order valence-corrected chi connectivity index (χ2v) is 5.86. The summed E-state index contributed by atoms with van der Waals surface area (Å²) in [6, 6.07) is 10.0. The molecule has 23 heavy (non-hydrogen) atoms. The number of aliphatic hydroxyl groups is 1. The number of hydrogen-bond acceptors (Lipinski definition) is 4. The van der Waals surface area contributed by atoms with E-state index in [1.165, 1.54) is 0 Å². The fourth-order valence-corrected chi connectivity index (χ4v) is 2.89. The van der Waals surface area contributed by atoms with E-state index in [1.807, 2.05) is 30.3 Å². The number of aromatic amines is 1. The third kappa shape index (κ3) is 3.97. The molecule has 1 fully saturated rings. The van der Waals surface area contributed by atoms with Gasteiger partial charge in [0.25, 0.3) is 0 Å². The van der Waals surface area contributed by atoms with Crippen molar-refractivity contribution >= 4 is 5.91 Å². The van der Waals surface area contributed by atoms with Gasteiger partial charge in [-0.1, -0.05) is 30.3 Å². The number of β-amino-alcohol motifs (C(OH)–C–C–N with tert-alkyl or cyclic N) is 1. The Morgan fingerprint density at radius 3 is 2.91 bits per heavy atom. The monoisotopic (exact) mass is 314 g/mol. The Hall–Kier alpha value is -2.18. The molecule has 3 rings (SSSR count). The van der Waals surface area contributed by atoms with Crippen molar-refractivity contribution in [2.45, 2.75) is 25.5 Å². The molecule has 0 spiro atoms. The molecule has 1 unspecified atom stereocenters. The summed E-state index contributed by atoms with van der Waals surface area (Å²) in [6.07, 6.45) is 2.75. The molecule has 0 saturated carbocycles. The first-order valence-electron chi connectivity index (χ1n) is 7.98. The molecule has 1 saturated heterocycles. The number of nitrogens with one attached hydrogen (secondary N) is 2. The number of H-pyrrole nitrogens is 1. The number of hydrogen-bond donors (Lipinski definition) is 3. The van der Waals surface area contributed by atoms with Gasteiger partial charge in [-0.25, -0.2) is 0 Å². The van der Waals surface area contributed by atoms with Crippen LogP contribution in [0.3, 0.4) is 0 Å². The molecule has 6 nitrogen and oxygen atoms in total. The first-order valence-corrected chi connectivity index (χ1v) is 7.98. The van der Waals surface area contributed by atoms with Crippen LogP contribution in [-0.4, -0.2) is 51.8 Å². The molecular weight excluding hydrogens is 292 g/mol. The molecule has 0 aliphatic carbocycles. The van der Waals surface area contributed by atoms with Crippen molar-refractivity contribution in [3.8, 4) is 11.3 Å². The van der Waals surface area contributed by atoms with Gasteiger partial charge in [0.05, 0.1) is 18.0 Å². The lowest BCUT2D eigenvalue weighted by atomic mass is 10.1. The van der Waals surface area contributed by atoms with Crippen LogP contribution in [0.1, 0.15) is 18.4 Å². The Balaban J connectivity index is 1.49. The lowest BCUT2D eigenvalue weighted by Gasteiger charge is -2.20. The summed E-state index contributed by atoms with van der Waals surface area (Å²) < 4.78 is 0. The van der Waals surface area contributed by atoms with Crippen LogP contribution in [0.5, 0.6) is 0 Å². The molecule has 2 heterocycles. The summed E-state index contributed by atoms with van der Waals surface area (Å²) in [5.74, 6) is 0.144. The van der Waals surface area contributed by atoms with Crippen molar-refractivity contribution in [2.75, 3.05) is 19.6 Å². The topological polar surface area (TPSA) is 81.2 Å². The second-order valence-electron chi connectivity index (χ2n) is 5.86. The molecule has 1 amide bonds. The van der Waals surface area contributed by atoms with Gasteiger partial charge >= 0.3 is 0 Å². The predicted molar refractivity (Wildman–Crippen MR) is 87.6 cm³/mol. The van der Waals surface area contributed by atoms with Gasteiger partial charge in [0.1, 0.15) is 0 Å². The SMILES string of the molecule is O=C1CCCN1CC(O)CNCc1cn[nH]c1-c1ccccc1. The van der Waals surface area contributed by atoms with Crippen LogP contribution >= 0.6 is 0 Å². The molecular formula is C17H22N4O2. The summed E-state index contributed by atoms with van der Waals surface area (Å²) in [6.45, 7) is 2.23. The number of nitrogens with zero attached hydrogens (tertiary/aromatic N) is 2. The minimum Gasteiger partial charge on any atom is -0.390 e. The van der Waals surface area contributed by atoms with Crippen molar-refractivity contribution in [3.63, 3.8) is 0 Å². The third-order valence-electron chi connectivity index (χ3n) is 4.08. The normalized spacial score (nSPS) is 16.0. The summed E-state index contributed by atoms with van der Waals surface area (Å²) in [5.41, 5.74) is 3.13. The number of aromatic nitrogens is 2. The lowest BCUT2D eigenvalue weighted by Crippen LogP contribution is -2.38. The summed E-state index contributed by atoms with van der Waals surface area (Å²) in [7, 11) is 0. The van der Waals surface area contributed by atoms with E-state index in [0.717, 1.165) is 29.8 Å². The van der Waals surface area contributed by atoms with Gasteiger partial charge in [0.2, 0.25) is 5.91 Å². The number of benzene rings is 1. The van der Waals surface area contributed by atoms with Crippen LogP contribution in [0.15, 0.2) is 36.5 Å². The number of amides is 1. The second kappa shape index (κ2) is 7.39. The molecule has 0 radical (unpaired) electrons. The zero-order valence-electron chi connectivity index (χ0n) is 13.0. The van der Waals surface area contributed by atoms with E-state index < -0.39 is 6.10 Å². The molecule has 1 aromatic heterocycles. The summed E-state index contributed by atoms with van der Waals surface area (Å²) >= 11 is 0. The number of rotatable bonds is 7. The predicted octanol–water partition coefficient (Wildman–Crippen LogP) is 1.15. The molecule has 122 valence electrons. The standard InChI is InChI=1S/C17H22N4O2/c22-15(12-21-8-4-7-16(21)23)11-18-9-14-10-19-20-17(14)13-5-2-1-3-6-13/h1-3,5-6,10,15,18,22H,4,7-9,11-12H2,(H,19,20). The number of likely N-dealkylation sites (tertiary alicyclic amines) is 1. The van der Waals surface area contributed by atoms with Crippen LogP contribution in [0, 0.1) is 0 Å². The van der Waals surface area contributed by atoms with E-state index in [4.69, 9.17) is 0 Å². The van der Waals surface area contributed by atoms with Crippen molar-refractivity contribution in [1.82, 2.24) is 20.4 Å². The lowest BCUT2D eigenvalue weighted by molar-refractivity contribution is -0.128. The maximum Gasteiger partial charge on any atom is 0.222 e. The molecule has 6 heteroatoms. The van der Waals surface area contributed by atoms with Gasteiger partial charge < -0.3 is 15.3 Å². The quantitative estimate of drug-likeness (QED) is 0.716. The highest BCUT2D eigenvalue weighted by molar-refractivity contribution is 5.78. The molecule has 0 bridgehead atoms. The first kappa shape index (κ1) is 15.7. The highest BCUT2D eigenvalue weighted by Crippen LogP contribution is 2.20. The Labute approximate surface area is 135 Å². The molecule has 1 aliphatic rings. The van der Waals surface area contributed by atoms with Crippen molar-refractivity contribution in [3.05, 3.63) is 42.1 Å². The smallest absolute Gasteiger partial charge is 0.222 e. The molecule has 1 aliphatic heterocycles. The fourth-order valence-electron chi connectivity index (χ4n) is 2.89. The minimum atomic E-state index is -0.552. The number of carbonyl (C=O) groups is 1. The Bertz CT molecular complexity index is 641. The van der Waals surface area contributed by atoms with Crippen LogP contribution in [0.2, 0.25) is 0 Å². The van der Waals surface area contributed by atoms with Gasteiger partial charge in [0, 0.05) is 38.2 Å². The molecule has 1 aromatic carbocycles. The number of carbonyl (C=O) groups excluding carboxylic acids is 1. The zero-order chi connectivity index (χ0) is 16.1. The molecule has 2 aromatic rings. The van der Waals surface area contributed by atoms with E-state index in [9.17, 15) is 9.90 Å². The summed E-state index contributed by atoms with van der Waals surface area (Å²) in [5, 5.41) is 20.4. The maximum atomic E-state index is 11.6. The van der Waals surface area contributed by atoms with Gasteiger partial charge in [-0.2, -0.15) is 5.10 Å². The highest BCUT2D eigenvalue weighted by atomic mass is 16.3. The first-order chi connectivity index (χ1) is 11.2. The Kier molecular flexibility index (Phi) is 5.05. The average Bonchev–Trinajstić information content (AvgIpc) is 3.18. The maximum absolute atomic E-state index is 11.6. The molecule has 3 N–H and O–H groups in total. The van der Waals surface area contributed by atoms with Crippen molar-refractivity contribution in [2.24, 2.45) is 0 Å². The Morgan fingerprint density at radius 1 is 1.35 bits per heavy atom. The van der Waals surface area contributed by atoms with Gasteiger partial charge in [0.15, 0.2) is 0 Å². The van der Waals surface area contributed by atoms with Crippen molar-refractivity contribution in [1.29, 1.82) is 0 Å². The minimum absolute atomic E-state index is 0.144. The van der Waals surface area contributed by atoms with Gasteiger partial charge in [-0.05, 0) is 12.0 Å². The van der Waals surface area contributed by atoms with E-state index in [-0.39, 0.29) is 5.91 Å². The van der Waals surface area contributed by atoms with E-state index in [2.05, 4.69) is 15.5 Å². The Morgan fingerprint density at radius 2 is 2.17 bits per heavy atom. The van der Waals surface area contributed by atoms with Gasteiger partial charge in [-0.3, -0.25) is 9.89 Å². The number of aliphatic hydroxyl groups excluding tert-OH is 1. The van der Waals surface area contributed by atoms with E-state index >= 15 is 0 Å². The van der Waals surface area contributed by atoms with Crippen LogP contribution < -0.4 is 5.32 Å². The fraction of sp³-hybridized carbons (Fsp3) is 0.412. The van der Waals surface area contributed by atoms with Gasteiger partial charge in [-0.15, -0.1) is 0 Å². The van der Waals surface area contributed by atoms with E-state index in [1.54, 1.807) is 11.1 Å². The highest BCUT2D eigenvalue weighted by Gasteiger charge is 2.22. The summed E-state index contributed by atoms with van der Waals surface area (Å²) in [4.78, 5) is 13.3. The van der Waals surface area contributed by atoms with Crippen LogP contribution in [0.4, 0.5) is 0 Å². The van der Waals surface area contributed by atoms with Crippen LogP contribution in [0.25, 0.3) is 11.3 Å². The van der Waals surface area contributed by atoms with Crippen LogP contribution in [-0.2, 0) is 11.3 Å². The molecule has 1 atom stereocenters.